The van der Waals surface area contributed by atoms with E-state index >= 15 is 0 Å². The van der Waals surface area contributed by atoms with E-state index in [9.17, 15) is 5.11 Å². The van der Waals surface area contributed by atoms with E-state index in [0.29, 0.717) is 11.7 Å². The van der Waals surface area contributed by atoms with E-state index < -0.39 is 0 Å². The number of benzene rings is 1. The summed E-state index contributed by atoms with van der Waals surface area (Å²) in [7, 11) is 0. The van der Waals surface area contributed by atoms with Gasteiger partial charge in [-0.25, -0.2) is 0 Å². The van der Waals surface area contributed by atoms with Crippen LogP contribution < -0.4 is 5.73 Å². The molecule has 13 heavy (non-hydrogen) atoms. The lowest BCUT2D eigenvalue weighted by Gasteiger charge is -2.02. The summed E-state index contributed by atoms with van der Waals surface area (Å²) in [6.07, 6.45) is 0. The second kappa shape index (κ2) is 2.48. The fourth-order valence-corrected chi connectivity index (χ4v) is 2.03. The predicted octanol–water partition coefficient (Wildman–Crippen LogP) is 1.84. The normalized spacial score (nSPS) is 30.1. The standard InChI is InChI=1S/C11H15NO/c1-11(2)9(10(11)12)7-4-3-5-8(13)6-7/h3-6,9-10,13H,12H2,1-2H3/t9-,10-/m0/s1. The molecule has 1 saturated carbocycles. The summed E-state index contributed by atoms with van der Waals surface area (Å²) < 4.78 is 0. The first-order valence-corrected chi connectivity index (χ1v) is 4.58. The maximum absolute atomic E-state index is 9.31. The molecule has 1 aliphatic rings. The van der Waals surface area contributed by atoms with Gasteiger partial charge in [-0.05, 0) is 23.1 Å². The van der Waals surface area contributed by atoms with Crippen molar-refractivity contribution in [3.8, 4) is 5.75 Å². The second-order valence-electron chi connectivity index (χ2n) is 4.42. The van der Waals surface area contributed by atoms with Gasteiger partial charge in [0, 0.05) is 12.0 Å². The smallest absolute Gasteiger partial charge is 0.115 e. The van der Waals surface area contributed by atoms with Gasteiger partial charge in [-0.2, -0.15) is 0 Å². The molecule has 0 radical (unpaired) electrons. The lowest BCUT2D eigenvalue weighted by Crippen LogP contribution is -2.06. The van der Waals surface area contributed by atoms with Crippen LogP contribution in [0.25, 0.3) is 0 Å². The van der Waals surface area contributed by atoms with Crippen molar-refractivity contribution in [2.24, 2.45) is 11.1 Å². The van der Waals surface area contributed by atoms with E-state index in [2.05, 4.69) is 13.8 Å². The van der Waals surface area contributed by atoms with Crippen molar-refractivity contribution in [1.29, 1.82) is 0 Å². The minimum atomic E-state index is 0.188. The van der Waals surface area contributed by atoms with E-state index in [1.165, 1.54) is 0 Å². The summed E-state index contributed by atoms with van der Waals surface area (Å²) in [6, 6.07) is 7.61. The van der Waals surface area contributed by atoms with Crippen molar-refractivity contribution < 1.29 is 5.11 Å². The Bertz CT molecular complexity index is 333. The molecule has 1 aromatic carbocycles. The van der Waals surface area contributed by atoms with Crippen molar-refractivity contribution in [3.05, 3.63) is 29.8 Å². The van der Waals surface area contributed by atoms with Crippen molar-refractivity contribution in [2.75, 3.05) is 0 Å². The molecule has 0 heterocycles. The molecule has 3 N–H and O–H groups in total. The fraction of sp³-hybridized carbons (Fsp3) is 0.455. The van der Waals surface area contributed by atoms with E-state index in [-0.39, 0.29) is 11.5 Å². The third kappa shape index (κ3) is 1.22. The second-order valence-corrected chi connectivity index (χ2v) is 4.42. The molecular formula is C11H15NO. The molecule has 0 saturated heterocycles. The van der Waals surface area contributed by atoms with Gasteiger partial charge in [0.1, 0.15) is 5.75 Å². The van der Waals surface area contributed by atoms with Crippen LogP contribution in [0.2, 0.25) is 0 Å². The van der Waals surface area contributed by atoms with Gasteiger partial charge in [0.2, 0.25) is 0 Å². The number of nitrogens with two attached hydrogens (primary N) is 1. The topological polar surface area (TPSA) is 46.2 Å². The highest BCUT2D eigenvalue weighted by molar-refractivity contribution is 5.38. The van der Waals surface area contributed by atoms with E-state index in [0.717, 1.165) is 5.56 Å². The molecule has 0 aromatic heterocycles. The highest BCUT2D eigenvalue weighted by Crippen LogP contribution is 2.57. The maximum atomic E-state index is 9.31. The number of rotatable bonds is 1. The molecule has 0 spiro atoms. The molecular weight excluding hydrogens is 162 g/mol. The van der Waals surface area contributed by atoms with E-state index in [1.54, 1.807) is 12.1 Å². The average molecular weight is 177 g/mol. The van der Waals surface area contributed by atoms with Gasteiger partial charge >= 0.3 is 0 Å². The maximum Gasteiger partial charge on any atom is 0.115 e. The minimum Gasteiger partial charge on any atom is -0.508 e. The molecule has 0 bridgehead atoms. The van der Waals surface area contributed by atoms with Crippen LogP contribution >= 0.6 is 0 Å². The summed E-state index contributed by atoms with van der Waals surface area (Å²) in [5.74, 6) is 0.729. The van der Waals surface area contributed by atoms with Crippen LogP contribution in [0, 0.1) is 5.41 Å². The third-order valence-corrected chi connectivity index (χ3v) is 3.14. The third-order valence-electron chi connectivity index (χ3n) is 3.14. The van der Waals surface area contributed by atoms with Crippen LogP contribution in [-0.2, 0) is 0 Å². The predicted molar refractivity (Wildman–Crippen MR) is 52.6 cm³/mol. The minimum absolute atomic E-state index is 0.188. The highest BCUT2D eigenvalue weighted by Gasteiger charge is 2.56. The van der Waals surface area contributed by atoms with Gasteiger partial charge < -0.3 is 10.8 Å². The first-order valence-electron chi connectivity index (χ1n) is 4.58. The Labute approximate surface area is 78.4 Å². The van der Waals surface area contributed by atoms with Crippen molar-refractivity contribution >= 4 is 0 Å². The zero-order valence-electron chi connectivity index (χ0n) is 7.99. The molecule has 0 aliphatic heterocycles. The van der Waals surface area contributed by atoms with Gasteiger partial charge in [-0.1, -0.05) is 26.0 Å². The van der Waals surface area contributed by atoms with Crippen LogP contribution in [-0.4, -0.2) is 11.1 Å². The first kappa shape index (κ1) is 8.57. The fourth-order valence-electron chi connectivity index (χ4n) is 2.03. The zero-order valence-corrected chi connectivity index (χ0v) is 7.99. The molecule has 2 atom stereocenters. The SMILES string of the molecule is CC1(C)[C@@H](N)[C@@H]1c1cccc(O)c1. The van der Waals surface area contributed by atoms with Crippen molar-refractivity contribution in [1.82, 2.24) is 0 Å². The zero-order chi connectivity index (χ0) is 9.64. The van der Waals surface area contributed by atoms with Crippen LogP contribution in [0.3, 0.4) is 0 Å². The molecule has 0 amide bonds. The lowest BCUT2D eigenvalue weighted by molar-refractivity contribution is 0.474. The number of hydrogen-bond donors (Lipinski definition) is 2. The van der Waals surface area contributed by atoms with E-state index in [1.807, 2.05) is 12.1 Å². The van der Waals surface area contributed by atoms with E-state index in [4.69, 9.17) is 5.73 Å². The number of phenolic OH excluding ortho intramolecular Hbond substituents is 1. The molecule has 2 heteroatoms. The van der Waals surface area contributed by atoms with Crippen LogP contribution in [0.4, 0.5) is 0 Å². The van der Waals surface area contributed by atoms with Crippen LogP contribution in [0.5, 0.6) is 5.75 Å². The molecule has 70 valence electrons. The van der Waals surface area contributed by atoms with Gasteiger partial charge in [0.15, 0.2) is 0 Å². The molecule has 2 rings (SSSR count). The highest BCUT2D eigenvalue weighted by atomic mass is 16.3. The summed E-state index contributed by atoms with van der Waals surface area (Å²) in [5, 5.41) is 9.31. The molecule has 1 aliphatic carbocycles. The molecule has 0 unspecified atom stereocenters. The van der Waals surface area contributed by atoms with Crippen molar-refractivity contribution in [3.63, 3.8) is 0 Å². The molecule has 1 fully saturated rings. The van der Waals surface area contributed by atoms with Gasteiger partial charge in [-0.3, -0.25) is 0 Å². The summed E-state index contributed by atoms with van der Waals surface area (Å²) in [6.45, 7) is 4.32. The molecule has 1 aromatic rings. The Kier molecular flexibility index (Phi) is 1.64. The average Bonchev–Trinajstić information content (AvgIpc) is 2.51. The number of phenols is 1. The van der Waals surface area contributed by atoms with Gasteiger partial charge in [-0.15, -0.1) is 0 Å². The lowest BCUT2D eigenvalue weighted by atomic mass is 10.0. The van der Waals surface area contributed by atoms with Gasteiger partial charge in [0.05, 0.1) is 0 Å². The van der Waals surface area contributed by atoms with Gasteiger partial charge in [0.25, 0.3) is 0 Å². The van der Waals surface area contributed by atoms with Crippen molar-refractivity contribution in [2.45, 2.75) is 25.8 Å². The first-order chi connectivity index (χ1) is 6.03. The Balaban J connectivity index is 2.29. The number of hydrogen-bond acceptors (Lipinski definition) is 2. The van der Waals surface area contributed by atoms with Crippen LogP contribution in [0.15, 0.2) is 24.3 Å². The summed E-state index contributed by atoms with van der Waals surface area (Å²) >= 11 is 0. The molecule has 2 nitrogen and oxygen atoms in total. The Hall–Kier alpha value is -1.02. The number of aromatic hydroxyl groups is 1. The van der Waals surface area contributed by atoms with Crippen LogP contribution in [0.1, 0.15) is 25.3 Å². The summed E-state index contributed by atoms with van der Waals surface area (Å²) in [5.41, 5.74) is 7.28. The summed E-state index contributed by atoms with van der Waals surface area (Å²) in [4.78, 5) is 0. The Morgan fingerprint density at radius 2 is 2.00 bits per heavy atom. The Morgan fingerprint density at radius 3 is 2.46 bits per heavy atom. The quantitative estimate of drug-likeness (QED) is 0.687. The Morgan fingerprint density at radius 1 is 1.38 bits per heavy atom. The monoisotopic (exact) mass is 177 g/mol. The largest absolute Gasteiger partial charge is 0.508 e.